The van der Waals surface area contributed by atoms with Gasteiger partial charge in [-0.3, -0.25) is 9.59 Å². The predicted molar refractivity (Wildman–Crippen MR) is 134 cm³/mol. The van der Waals surface area contributed by atoms with Gasteiger partial charge in [0.1, 0.15) is 11.5 Å². The SMILES string of the molecule is CC(=O)Nc1ccc(OCC(=O)N2N=C(c3nc4ccccc4[nH]3)CC2c2cccc(C)c2)cc1. The first-order valence-electron chi connectivity index (χ1n) is 11.4. The van der Waals surface area contributed by atoms with E-state index in [4.69, 9.17) is 4.74 Å². The molecule has 2 N–H and O–H groups in total. The van der Waals surface area contributed by atoms with Gasteiger partial charge < -0.3 is 15.0 Å². The number of aromatic amines is 1. The number of nitrogens with one attached hydrogen (secondary N) is 2. The van der Waals surface area contributed by atoms with E-state index in [0.717, 1.165) is 27.9 Å². The van der Waals surface area contributed by atoms with Crippen molar-refractivity contribution < 1.29 is 14.3 Å². The smallest absolute Gasteiger partial charge is 0.281 e. The number of para-hydroxylation sites is 2. The molecule has 1 atom stereocenters. The molecule has 2 heterocycles. The number of amides is 2. The first kappa shape index (κ1) is 22.3. The summed E-state index contributed by atoms with van der Waals surface area (Å²) in [5.74, 6) is 0.783. The van der Waals surface area contributed by atoms with Crippen LogP contribution in [0, 0.1) is 6.92 Å². The predicted octanol–water partition coefficient (Wildman–Crippen LogP) is 4.59. The van der Waals surface area contributed by atoms with Crippen molar-refractivity contribution in [3.63, 3.8) is 0 Å². The fourth-order valence-electron chi connectivity index (χ4n) is 4.16. The van der Waals surface area contributed by atoms with E-state index in [1.165, 1.54) is 11.9 Å². The van der Waals surface area contributed by atoms with Gasteiger partial charge in [0, 0.05) is 19.0 Å². The molecular formula is C27H25N5O3. The number of nitrogens with zero attached hydrogens (tertiary/aromatic N) is 3. The van der Waals surface area contributed by atoms with Gasteiger partial charge in [0.25, 0.3) is 5.91 Å². The lowest BCUT2D eigenvalue weighted by atomic mass is 10.00. The summed E-state index contributed by atoms with van der Waals surface area (Å²) in [5.41, 5.74) is 5.28. The number of hydrogen-bond donors (Lipinski definition) is 2. The Morgan fingerprint density at radius 3 is 2.63 bits per heavy atom. The van der Waals surface area contributed by atoms with Gasteiger partial charge in [0.2, 0.25) is 5.91 Å². The van der Waals surface area contributed by atoms with Gasteiger partial charge in [-0.15, -0.1) is 0 Å². The number of aromatic nitrogens is 2. The lowest BCUT2D eigenvalue weighted by Gasteiger charge is -2.22. The molecule has 176 valence electrons. The van der Waals surface area contributed by atoms with Crippen LogP contribution >= 0.6 is 0 Å². The molecule has 0 spiro atoms. The van der Waals surface area contributed by atoms with Crippen molar-refractivity contribution in [3.05, 3.63) is 89.7 Å². The second-order valence-corrected chi connectivity index (χ2v) is 8.52. The highest BCUT2D eigenvalue weighted by Gasteiger charge is 2.34. The minimum Gasteiger partial charge on any atom is -0.484 e. The van der Waals surface area contributed by atoms with Crippen LogP contribution in [-0.4, -0.2) is 39.1 Å². The quantitative estimate of drug-likeness (QED) is 0.433. The van der Waals surface area contributed by atoms with Crippen LogP contribution in [0.3, 0.4) is 0 Å². The zero-order valence-electron chi connectivity index (χ0n) is 19.5. The topological polar surface area (TPSA) is 99.7 Å². The first-order chi connectivity index (χ1) is 17.0. The number of carbonyl (C=O) groups excluding carboxylic acids is 2. The number of ether oxygens (including phenoxy) is 1. The number of benzene rings is 3. The summed E-state index contributed by atoms with van der Waals surface area (Å²) in [7, 11) is 0. The normalized spacial score (nSPS) is 15.2. The number of imidazole rings is 1. The molecular weight excluding hydrogens is 442 g/mol. The Labute approximate surface area is 202 Å². The molecule has 0 fully saturated rings. The summed E-state index contributed by atoms with van der Waals surface area (Å²) in [6.45, 7) is 3.31. The van der Waals surface area contributed by atoms with Crippen molar-refractivity contribution in [1.82, 2.24) is 15.0 Å². The van der Waals surface area contributed by atoms with E-state index in [-0.39, 0.29) is 24.5 Å². The van der Waals surface area contributed by atoms with E-state index in [9.17, 15) is 9.59 Å². The molecule has 0 saturated carbocycles. The lowest BCUT2D eigenvalue weighted by Crippen LogP contribution is -2.31. The Kier molecular flexibility index (Phi) is 6.01. The van der Waals surface area contributed by atoms with Gasteiger partial charge in [-0.05, 0) is 48.9 Å². The number of fused-ring (bicyclic) bond motifs is 1. The summed E-state index contributed by atoms with van der Waals surface area (Å²) in [5, 5.41) is 8.89. The van der Waals surface area contributed by atoms with Crippen LogP contribution < -0.4 is 10.1 Å². The van der Waals surface area contributed by atoms with Crippen molar-refractivity contribution >= 4 is 34.2 Å². The van der Waals surface area contributed by atoms with E-state index in [1.54, 1.807) is 24.3 Å². The third kappa shape index (κ3) is 4.91. The standard InChI is InChI=1S/C27H25N5O3/c1-17-6-5-7-19(14-17)25-15-24(27-29-22-8-3-4-9-23(22)30-27)31-32(25)26(34)16-35-21-12-10-20(11-13-21)28-18(2)33/h3-14,25H,15-16H2,1-2H3,(H,28,33)(H,29,30). The summed E-state index contributed by atoms with van der Waals surface area (Å²) in [6.07, 6.45) is 0.542. The molecule has 0 saturated heterocycles. The summed E-state index contributed by atoms with van der Waals surface area (Å²) >= 11 is 0. The van der Waals surface area contributed by atoms with E-state index in [2.05, 4.69) is 26.5 Å². The van der Waals surface area contributed by atoms with Gasteiger partial charge in [-0.1, -0.05) is 42.0 Å². The Bertz CT molecular complexity index is 1390. The summed E-state index contributed by atoms with van der Waals surface area (Å²) < 4.78 is 5.74. The minimum absolute atomic E-state index is 0.150. The number of anilines is 1. The van der Waals surface area contributed by atoms with E-state index in [0.29, 0.717) is 23.7 Å². The Balaban J connectivity index is 1.37. The third-order valence-corrected chi connectivity index (χ3v) is 5.79. The van der Waals surface area contributed by atoms with Crippen LogP contribution in [0.15, 0.2) is 77.9 Å². The lowest BCUT2D eigenvalue weighted by molar-refractivity contribution is -0.135. The van der Waals surface area contributed by atoms with Gasteiger partial charge in [0.15, 0.2) is 12.4 Å². The molecule has 1 aliphatic rings. The second-order valence-electron chi connectivity index (χ2n) is 8.52. The number of H-pyrrole nitrogens is 1. The molecule has 1 unspecified atom stereocenters. The van der Waals surface area contributed by atoms with Crippen molar-refractivity contribution in [1.29, 1.82) is 0 Å². The molecule has 8 nitrogen and oxygen atoms in total. The molecule has 0 aliphatic carbocycles. The largest absolute Gasteiger partial charge is 0.484 e. The maximum Gasteiger partial charge on any atom is 0.281 e. The van der Waals surface area contributed by atoms with Crippen molar-refractivity contribution in [2.75, 3.05) is 11.9 Å². The van der Waals surface area contributed by atoms with Crippen LogP contribution in [0.5, 0.6) is 5.75 Å². The first-order valence-corrected chi connectivity index (χ1v) is 11.4. The Morgan fingerprint density at radius 2 is 1.89 bits per heavy atom. The average Bonchev–Trinajstić information content (AvgIpc) is 3.48. The highest BCUT2D eigenvalue weighted by molar-refractivity contribution is 6.02. The van der Waals surface area contributed by atoms with Crippen LogP contribution in [0.25, 0.3) is 11.0 Å². The molecule has 2 amide bonds. The zero-order valence-corrected chi connectivity index (χ0v) is 19.5. The minimum atomic E-state index is -0.256. The zero-order chi connectivity index (χ0) is 24.4. The molecule has 3 aromatic carbocycles. The number of rotatable bonds is 6. The van der Waals surface area contributed by atoms with Crippen molar-refractivity contribution in [2.24, 2.45) is 5.10 Å². The maximum absolute atomic E-state index is 13.3. The Hall–Kier alpha value is -4.46. The molecule has 1 aliphatic heterocycles. The Morgan fingerprint density at radius 1 is 1.09 bits per heavy atom. The van der Waals surface area contributed by atoms with Crippen LogP contribution in [-0.2, 0) is 9.59 Å². The fraction of sp³-hybridized carbons (Fsp3) is 0.185. The van der Waals surface area contributed by atoms with Crippen LogP contribution in [0.1, 0.15) is 36.3 Å². The van der Waals surface area contributed by atoms with Gasteiger partial charge in [-0.25, -0.2) is 9.99 Å². The van der Waals surface area contributed by atoms with Gasteiger partial charge >= 0.3 is 0 Å². The second kappa shape index (κ2) is 9.42. The van der Waals surface area contributed by atoms with Crippen LogP contribution in [0.4, 0.5) is 5.69 Å². The molecule has 35 heavy (non-hydrogen) atoms. The van der Waals surface area contributed by atoms with Gasteiger partial charge in [0.05, 0.1) is 17.1 Å². The number of hydrogen-bond acceptors (Lipinski definition) is 5. The van der Waals surface area contributed by atoms with E-state index >= 15 is 0 Å². The summed E-state index contributed by atoms with van der Waals surface area (Å²) in [4.78, 5) is 32.4. The van der Waals surface area contributed by atoms with E-state index in [1.807, 2.05) is 49.4 Å². The van der Waals surface area contributed by atoms with Crippen LogP contribution in [0.2, 0.25) is 0 Å². The van der Waals surface area contributed by atoms with E-state index < -0.39 is 0 Å². The molecule has 1 aromatic heterocycles. The number of carbonyl (C=O) groups is 2. The number of aryl methyl sites for hydroxylation is 1. The summed E-state index contributed by atoms with van der Waals surface area (Å²) in [6, 6.07) is 22.5. The molecule has 0 bridgehead atoms. The highest BCUT2D eigenvalue weighted by atomic mass is 16.5. The molecule has 8 heteroatoms. The highest BCUT2D eigenvalue weighted by Crippen LogP contribution is 2.33. The van der Waals surface area contributed by atoms with Crippen molar-refractivity contribution in [3.8, 4) is 5.75 Å². The van der Waals surface area contributed by atoms with Gasteiger partial charge in [-0.2, -0.15) is 5.10 Å². The monoisotopic (exact) mass is 467 g/mol. The maximum atomic E-state index is 13.3. The average molecular weight is 468 g/mol. The van der Waals surface area contributed by atoms with Crippen molar-refractivity contribution in [2.45, 2.75) is 26.3 Å². The fourth-order valence-corrected chi connectivity index (χ4v) is 4.16. The molecule has 0 radical (unpaired) electrons. The third-order valence-electron chi connectivity index (χ3n) is 5.79. The molecule has 4 aromatic rings. The number of hydrazone groups is 1. The molecule has 5 rings (SSSR count).